The van der Waals surface area contributed by atoms with Crippen LogP contribution in [0, 0.1) is 0 Å². The number of carbonyl (C=O) groups excluding carboxylic acids is 2. The Balaban J connectivity index is 0. The molecule has 0 fully saturated rings. The number of thiocarbonyl (C=S) groups is 2. The molecule has 0 unspecified atom stereocenters. The lowest BCUT2D eigenvalue weighted by molar-refractivity contribution is 0.157. The zero-order valence-corrected chi connectivity index (χ0v) is 11.7. The highest BCUT2D eigenvalue weighted by molar-refractivity contribution is 7.80. The third-order valence-corrected chi connectivity index (χ3v) is 1.21. The highest BCUT2D eigenvalue weighted by Gasteiger charge is 1.98. The number of nitrogens with two attached hydrogens (primary N) is 2. The second-order valence-corrected chi connectivity index (χ2v) is 3.30. The quantitative estimate of drug-likeness (QED) is 0.522. The molecule has 0 radical (unpaired) electrons. The zero-order chi connectivity index (χ0) is 14.6. The minimum absolute atomic E-state index is 0.0755. The van der Waals surface area contributed by atoms with Gasteiger partial charge in [-0.1, -0.05) is 0 Å². The van der Waals surface area contributed by atoms with E-state index >= 15 is 0 Å². The van der Waals surface area contributed by atoms with Gasteiger partial charge in [-0.3, -0.25) is 10.6 Å². The predicted molar refractivity (Wildman–Crippen MR) is 73.9 cm³/mol. The summed E-state index contributed by atoms with van der Waals surface area (Å²) >= 11 is 8.70. The van der Waals surface area contributed by atoms with Crippen molar-refractivity contribution in [3.05, 3.63) is 0 Å². The summed E-state index contributed by atoms with van der Waals surface area (Å²) < 4.78 is 8.87. The van der Waals surface area contributed by atoms with Crippen molar-refractivity contribution in [1.82, 2.24) is 10.6 Å². The maximum absolute atomic E-state index is 10.4. The van der Waals surface area contributed by atoms with Gasteiger partial charge in [0.25, 0.3) is 0 Å². The fourth-order valence-corrected chi connectivity index (χ4v) is 0.702. The Kier molecular flexibility index (Phi) is 12.2. The van der Waals surface area contributed by atoms with Crippen LogP contribution in [-0.2, 0) is 9.47 Å². The molecule has 0 bridgehead atoms. The van der Waals surface area contributed by atoms with Crippen LogP contribution in [-0.4, -0.2) is 35.6 Å². The van der Waals surface area contributed by atoms with E-state index in [9.17, 15) is 9.59 Å². The van der Waals surface area contributed by atoms with Crippen molar-refractivity contribution in [3.63, 3.8) is 0 Å². The fraction of sp³-hybridized carbons (Fsp3) is 0.500. The fourth-order valence-electron chi connectivity index (χ4n) is 0.536. The molecule has 104 valence electrons. The van der Waals surface area contributed by atoms with Gasteiger partial charge in [0.05, 0.1) is 13.2 Å². The van der Waals surface area contributed by atoms with Crippen LogP contribution < -0.4 is 22.1 Å². The Labute approximate surface area is 115 Å². The summed E-state index contributed by atoms with van der Waals surface area (Å²) in [7, 11) is 0. The maximum Gasteiger partial charge on any atom is 0.413 e. The highest BCUT2D eigenvalue weighted by atomic mass is 32.1. The van der Waals surface area contributed by atoms with E-state index in [2.05, 4.69) is 44.5 Å². The molecule has 0 aliphatic heterocycles. The van der Waals surface area contributed by atoms with Gasteiger partial charge in [0.15, 0.2) is 10.2 Å². The van der Waals surface area contributed by atoms with Gasteiger partial charge in [-0.05, 0) is 38.3 Å². The van der Waals surface area contributed by atoms with Gasteiger partial charge in [-0.15, -0.1) is 0 Å². The molecule has 6 N–H and O–H groups in total. The molecule has 0 saturated heterocycles. The van der Waals surface area contributed by atoms with Crippen molar-refractivity contribution >= 4 is 46.8 Å². The standard InChI is InChI=1S/2C4H8N2O2S/c2*1-2-8-4(7)6-3(5)9/h2*2H2,1H3,(H3,5,6,7,9). The molecular weight excluding hydrogens is 280 g/mol. The second kappa shape index (κ2) is 11.8. The van der Waals surface area contributed by atoms with E-state index < -0.39 is 12.2 Å². The van der Waals surface area contributed by atoms with Gasteiger partial charge in [0, 0.05) is 0 Å². The van der Waals surface area contributed by atoms with Crippen molar-refractivity contribution in [2.45, 2.75) is 13.8 Å². The van der Waals surface area contributed by atoms with Gasteiger partial charge < -0.3 is 20.9 Å². The Morgan fingerprint density at radius 2 is 1.22 bits per heavy atom. The molecule has 0 aliphatic carbocycles. The van der Waals surface area contributed by atoms with Gasteiger partial charge in [-0.25, -0.2) is 9.59 Å². The lowest BCUT2D eigenvalue weighted by Crippen LogP contribution is -2.35. The minimum Gasteiger partial charge on any atom is -0.450 e. The second-order valence-electron chi connectivity index (χ2n) is 2.42. The molecule has 0 atom stereocenters. The van der Waals surface area contributed by atoms with Crippen LogP contribution in [0.1, 0.15) is 13.8 Å². The van der Waals surface area contributed by atoms with Gasteiger partial charge in [0.1, 0.15) is 0 Å². The smallest absolute Gasteiger partial charge is 0.413 e. The summed E-state index contributed by atoms with van der Waals surface area (Å²) in [5, 5.41) is 4.03. The molecule has 0 aliphatic rings. The maximum atomic E-state index is 10.4. The summed E-state index contributed by atoms with van der Waals surface area (Å²) in [4.78, 5) is 20.7. The number of ether oxygens (including phenoxy) is 2. The molecule has 18 heavy (non-hydrogen) atoms. The summed E-state index contributed by atoms with van der Waals surface area (Å²) in [6.07, 6.45) is -1.21. The number of hydrogen-bond donors (Lipinski definition) is 4. The van der Waals surface area contributed by atoms with Crippen molar-refractivity contribution < 1.29 is 19.1 Å². The Morgan fingerprint density at radius 1 is 0.944 bits per heavy atom. The molecule has 0 aromatic heterocycles. The Bertz CT molecular complexity index is 281. The average Bonchev–Trinajstić information content (AvgIpc) is 2.16. The molecule has 0 aromatic carbocycles. The van der Waals surface area contributed by atoms with E-state index in [1.165, 1.54) is 0 Å². The molecule has 8 nitrogen and oxygen atoms in total. The van der Waals surface area contributed by atoms with E-state index in [1.807, 2.05) is 0 Å². The van der Waals surface area contributed by atoms with Gasteiger partial charge in [-0.2, -0.15) is 0 Å². The molecule has 0 rings (SSSR count). The number of amides is 2. The summed E-state index contributed by atoms with van der Waals surface area (Å²) in [6.45, 7) is 4.02. The van der Waals surface area contributed by atoms with Crippen LogP contribution in [0.15, 0.2) is 0 Å². The zero-order valence-electron chi connectivity index (χ0n) is 10.0. The van der Waals surface area contributed by atoms with Crippen molar-refractivity contribution in [2.75, 3.05) is 13.2 Å². The third-order valence-electron chi connectivity index (χ3n) is 1.00. The lowest BCUT2D eigenvalue weighted by atomic mass is 10.8. The number of alkyl carbamates (subject to hydrolysis) is 2. The molecule has 2 amide bonds. The lowest BCUT2D eigenvalue weighted by Gasteiger charge is -2.00. The molecule has 0 aromatic rings. The summed E-state index contributed by atoms with van der Waals surface area (Å²) in [6, 6.07) is 0. The Morgan fingerprint density at radius 3 is 1.39 bits per heavy atom. The summed E-state index contributed by atoms with van der Waals surface area (Å²) in [5.41, 5.74) is 9.89. The first kappa shape index (κ1) is 18.7. The van der Waals surface area contributed by atoms with Crippen molar-refractivity contribution in [1.29, 1.82) is 0 Å². The SMILES string of the molecule is CCOC(=O)NC(N)=S.CCOC(=O)NC(N)=S. The van der Waals surface area contributed by atoms with Crippen molar-refractivity contribution in [2.24, 2.45) is 11.5 Å². The third kappa shape index (κ3) is 16.7. The number of hydrogen-bond acceptors (Lipinski definition) is 6. The molecule has 0 saturated carbocycles. The first-order chi connectivity index (χ1) is 8.33. The van der Waals surface area contributed by atoms with E-state index in [0.29, 0.717) is 13.2 Å². The van der Waals surface area contributed by atoms with Gasteiger partial charge in [0.2, 0.25) is 0 Å². The van der Waals surface area contributed by atoms with E-state index in [-0.39, 0.29) is 10.2 Å². The minimum atomic E-state index is -0.606. The first-order valence-corrected chi connectivity index (χ1v) is 5.61. The van der Waals surface area contributed by atoms with Crippen LogP contribution in [0.2, 0.25) is 0 Å². The predicted octanol–water partition coefficient (Wildman–Crippen LogP) is -0.0478. The summed E-state index contributed by atoms with van der Waals surface area (Å²) in [5.74, 6) is 0. The van der Waals surface area contributed by atoms with Crippen molar-refractivity contribution in [3.8, 4) is 0 Å². The Hall–Kier alpha value is -1.68. The molecule has 10 heteroatoms. The van der Waals surface area contributed by atoms with E-state index in [0.717, 1.165) is 0 Å². The van der Waals surface area contributed by atoms with E-state index in [4.69, 9.17) is 11.5 Å². The number of nitrogens with one attached hydrogen (secondary N) is 2. The normalized spacial score (nSPS) is 8.11. The van der Waals surface area contributed by atoms with Crippen LogP contribution in [0.3, 0.4) is 0 Å². The topological polar surface area (TPSA) is 129 Å². The molecule has 0 spiro atoms. The largest absolute Gasteiger partial charge is 0.450 e. The first-order valence-electron chi connectivity index (χ1n) is 4.79. The molecule has 0 heterocycles. The van der Waals surface area contributed by atoms with Crippen LogP contribution in [0.25, 0.3) is 0 Å². The van der Waals surface area contributed by atoms with Gasteiger partial charge >= 0.3 is 12.2 Å². The average molecular weight is 296 g/mol. The van der Waals surface area contributed by atoms with E-state index in [1.54, 1.807) is 13.8 Å². The van der Waals surface area contributed by atoms with Crippen LogP contribution in [0.4, 0.5) is 9.59 Å². The molecular formula is C8H16N4O4S2. The highest BCUT2D eigenvalue weighted by Crippen LogP contribution is 1.74. The number of carbonyl (C=O) groups is 2. The number of rotatable bonds is 2. The monoisotopic (exact) mass is 296 g/mol. The van der Waals surface area contributed by atoms with Crippen LogP contribution >= 0.6 is 24.4 Å². The van der Waals surface area contributed by atoms with Crippen LogP contribution in [0.5, 0.6) is 0 Å².